The Bertz CT molecular complexity index is 406. The normalized spacial score (nSPS) is 17.6. The molecule has 1 aromatic carbocycles. The largest absolute Gasteiger partial charge is 0.395 e. The van der Waals surface area contributed by atoms with Gasteiger partial charge in [0.2, 0.25) is 0 Å². The molecule has 2 amide bonds. The highest BCUT2D eigenvalue weighted by Crippen LogP contribution is 2.30. The molecule has 0 spiro atoms. The third-order valence-corrected chi connectivity index (χ3v) is 3.21. The van der Waals surface area contributed by atoms with Gasteiger partial charge in [0.1, 0.15) is 0 Å². The van der Waals surface area contributed by atoms with Crippen LogP contribution >= 0.6 is 0 Å². The van der Waals surface area contributed by atoms with Gasteiger partial charge in [-0.1, -0.05) is 24.3 Å². The van der Waals surface area contributed by atoms with E-state index < -0.39 is 0 Å². The number of aryl methyl sites for hydroxylation is 1. The van der Waals surface area contributed by atoms with Crippen LogP contribution in [-0.2, 0) is 6.42 Å². The second-order valence-corrected chi connectivity index (χ2v) is 4.38. The summed E-state index contributed by atoms with van der Waals surface area (Å²) in [5, 5.41) is 11.8. The number of hydrogen-bond acceptors (Lipinski definition) is 2. The summed E-state index contributed by atoms with van der Waals surface area (Å²) in [7, 11) is 1.69. The maximum atomic E-state index is 11.8. The highest BCUT2D eigenvalue weighted by molar-refractivity contribution is 5.74. The SMILES string of the molecule is CN(CCO)C(=O)NC1CCc2ccccc21. The molecular weight excluding hydrogens is 216 g/mol. The van der Waals surface area contributed by atoms with E-state index in [-0.39, 0.29) is 18.7 Å². The molecule has 2 N–H and O–H groups in total. The molecule has 0 aromatic heterocycles. The van der Waals surface area contributed by atoms with Crippen molar-refractivity contribution in [3.05, 3.63) is 35.4 Å². The Morgan fingerprint density at radius 1 is 1.53 bits per heavy atom. The third-order valence-electron chi connectivity index (χ3n) is 3.21. The molecule has 0 radical (unpaired) electrons. The Kier molecular flexibility index (Phi) is 3.64. The molecule has 4 heteroatoms. The average Bonchev–Trinajstić information content (AvgIpc) is 2.73. The van der Waals surface area contributed by atoms with Gasteiger partial charge in [-0.15, -0.1) is 0 Å². The second kappa shape index (κ2) is 5.19. The van der Waals surface area contributed by atoms with Gasteiger partial charge < -0.3 is 15.3 Å². The van der Waals surface area contributed by atoms with Crippen LogP contribution in [0.5, 0.6) is 0 Å². The predicted octanol–water partition coefficient (Wildman–Crippen LogP) is 1.31. The van der Waals surface area contributed by atoms with Gasteiger partial charge in [0.25, 0.3) is 0 Å². The molecule has 92 valence electrons. The lowest BCUT2D eigenvalue weighted by Crippen LogP contribution is -2.40. The fourth-order valence-corrected chi connectivity index (χ4v) is 2.22. The van der Waals surface area contributed by atoms with Crippen molar-refractivity contribution >= 4 is 6.03 Å². The first-order valence-corrected chi connectivity index (χ1v) is 5.92. The van der Waals surface area contributed by atoms with Gasteiger partial charge in [0.15, 0.2) is 0 Å². The van der Waals surface area contributed by atoms with Gasteiger partial charge in [-0.25, -0.2) is 4.79 Å². The summed E-state index contributed by atoms with van der Waals surface area (Å²) >= 11 is 0. The standard InChI is InChI=1S/C13H18N2O2/c1-15(8-9-16)13(17)14-12-7-6-10-4-2-3-5-11(10)12/h2-5,12,16H,6-9H2,1H3,(H,14,17). The molecule has 0 saturated carbocycles. The number of amides is 2. The zero-order valence-electron chi connectivity index (χ0n) is 10.0. The Labute approximate surface area is 101 Å². The van der Waals surface area contributed by atoms with E-state index in [0.717, 1.165) is 12.8 Å². The van der Waals surface area contributed by atoms with E-state index in [9.17, 15) is 4.79 Å². The number of nitrogens with one attached hydrogen (secondary N) is 1. The summed E-state index contributed by atoms with van der Waals surface area (Å²) in [6, 6.07) is 8.19. The van der Waals surface area contributed by atoms with Gasteiger partial charge in [-0.05, 0) is 24.0 Å². The number of urea groups is 1. The Morgan fingerprint density at radius 2 is 2.29 bits per heavy atom. The number of benzene rings is 1. The van der Waals surface area contributed by atoms with Crippen molar-refractivity contribution in [3.63, 3.8) is 0 Å². The van der Waals surface area contributed by atoms with Crippen LogP contribution in [0.4, 0.5) is 4.79 Å². The first-order valence-electron chi connectivity index (χ1n) is 5.92. The molecule has 2 rings (SSSR count). The maximum absolute atomic E-state index is 11.8. The molecule has 1 aliphatic carbocycles. The monoisotopic (exact) mass is 234 g/mol. The predicted molar refractivity (Wildman–Crippen MR) is 65.8 cm³/mol. The van der Waals surface area contributed by atoms with Crippen LogP contribution in [0.15, 0.2) is 24.3 Å². The summed E-state index contributed by atoms with van der Waals surface area (Å²) in [6.07, 6.45) is 1.98. The van der Waals surface area contributed by atoms with Gasteiger partial charge in [-0.3, -0.25) is 0 Å². The maximum Gasteiger partial charge on any atom is 0.317 e. The molecule has 1 aliphatic rings. The lowest BCUT2D eigenvalue weighted by atomic mass is 10.1. The lowest BCUT2D eigenvalue weighted by molar-refractivity contribution is 0.187. The molecule has 0 saturated heterocycles. The van der Waals surface area contributed by atoms with Crippen LogP contribution in [0.25, 0.3) is 0 Å². The van der Waals surface area contributed by atoms with Gasteiger partial charge in [0.05, 0.1) is 12.6 Å². The van der Waals surface area contributed by atoms with Crippen molar-refractivity contribution in [2.45, 2.75) is 18.9 Å². The van der Waals surface area contributed by atoms with Gasteiger partial charge in [-0.2, -0.15) is 0 Å². The Morgan fingerprint density at radius 3 is 3.06 bits per heavy atom. The first-order chi connectivity index (χ1) is 8.22. The van der Waals surface area contributed by atoms with E-state index in [4.69, 9.17) is 5.11 Å². The summed E-state index contributed by atoms with van der Waals surface area (Å²) in [6.45, 7) is 0.353. The van der Waals surface area contributed by atoms with E-state index in [0.29, 0.717) is 6.54 Å². The molecule has 1 aromatic rings. The van der Waals surface area contributed by atoms with Crippen LogP contribution in [0.1, 0.15) is 23.6 Å². The highest BCUT2D eigenvalue weighted by Gasteiger charge is 2.24. The van der Waals surface area contributed by atoms with E-state index in [1.807, 2.05) is 12.1 Å². The fourth-order valence-electron chi connectivity index (χ4n) is 2.22. The summed E-state index contributed by atoms with van der Waals surface area (Å²) < 4.78 is 0. The highest BCUT2D eigenvalue weighted by atomic mass is 16.3. The number of likely N-dealkylation sites (N-methyl/N-ethyl adjacent to an activating group) is 1. The molecule has 17 heavy (non-hydrogen) atoms. The average molecular weight is 234 g/mol. The number of fused-ring (bicyclic) bond motifs is 1. The third kappa shape index (κ3) is 2.58. The van der Waals surface area contributed by atoms with Crippen LogP contribution in [0.2, 0.25) is 0 Å². The van der Waals surface area contributed by atoms with Crippen LogP contribution in [0, 0.1) is 0 Å². The van der Waals surface area contributed by atoms with Gasteiger partial charge in [0, 0.05) is 13.6 Å². The molecule has 0 heterocycles. The number of rotatable bonds is 3. The van der Waals surface area contributed by atoms with E-state index >= 15 is 0 Å². The molecule has 0 bridgehead atoms. The van der Waals surface area contributed by atoms with Crippen molar-refractivity contribution in [1.82, 2.24) is 10.2 Å². The fraction of sp³-hybridized carbons (Fsp3) is 0.462. The topological polar surface area (TPSA) is 52.6 Å². The van der Waals surface area contributed by atoms with Crippen molar-refractivity contribution in [1.29, 1.82) is 0 Å². The number of nitrogens with zero attached hydrogens (tertiary/aromatic N) is 1. The van der Waals surface area contributed by atoms with Crippen LogP contribution in [-0.4, -0.2) is 36.2 Å². The smallest absolute Gasteiger partial charge is 0.317 e. The Hall–Kier alpha value is -1.55. The second-order valence-electron chi connectivity index (χ2n) is 4.38. The summed E-state index contributed by atoms with van der Waals surface area (Å²) in [5.41, 5.74) is 2.54. The van der Waals surface area contributed by atoms with Crippen molar-refractivity contribution in [3.8, 4) is 0 Å². The van der Waals surface area contributed by atoms with Crippen molar-refractivity contribution < 1.29 is 9.90 Å². The van der Waals surface area contributed by atoms with E-state index in [1.165, 1.54) is 16.0 Å². The molecule has 4 nitrogen and oxygen atoms in total. The van der Waals surface area contributed by atoms with Gasteiger partial charge >= 0.3 is 6.03 Å². The Balaban J connectivity index is 2.00. The minimum absolute atomic E-state index is 0.00876. The molecule has 1 atom stereocenters. The summed E-state index contributed by atoms with van der Waals surface area (Å²) in [5.74, 6) is 0. The van der Waals surface area contributed by atoms with Crippen LogP contribution < -0.4 is 5.32 Å². The number of carbonyl (C=O) groups excluding carboxylic acids is 1. The lowest BCUT2D eigenvalue weighted by Gasteiger charge is -2.20. The van der Waals surface area contributed by atoms with E-state index in [2.05, 4.69) is 17.4 Å². The van der Waals surface area contributed by atoms with E-state index in [1.54, 1.807) is 7.05 Å². The summed E-state index contributed by atoms with van der Waals surface area (Å²) in [4.78, 5) is 13.3. The number of aliphatic hydroxyl groups excluding tert-OH is 1. The minimum Gasteiger partial charge on any atom is -0.395 e. The number of carbonyl (C=O) groups is 1. The number of hydrogen-bond donors (Lipinski definition) is 2. The first kappa shape index (κ1) is 11.9. The zero-order chi connectivity index (χ0) is 12.3. The zero-order valence-corrected chi connectivity index (χ0v) is 10.0. The number of aliphatic hydroxyl groups is 1. The molecular formula is C13H18N2O2. The molecule has 0 fully saturated rings. The van der Waals surface area contributed by atoms with Crippen molar-refractivity contribution in [2.75, 3.05) is 20.2 Å². The minimum atomic E-state index is -0.124. The van der Waals surface area contributed by atoms with Crippen LogP contribution in [0.3, 0.4) is 0 Å². The molecule has 1 unspecified atom stereocenters. The van der Waals surface area contributed by atoms with Crippen molar-refractivity contribution in [2.24, 2.45) is 0 Å². The molecule has 0 aliphatic heterocycles. The quantitative estimate of drug-likeness (QED) is 0.828.